The van der Waals surface area contributed by atoms with Gasteiger partial charge in [-0.15, -0.1) is 0 Å². The standard InChI is InChI=1S/C4HClF6O/c5-4(10,11)3(8,9)2(6,7)1-12/h1H. The van der Waals surface area contributed by atoms with Gasteiger partial charge in [-0.3, -0.25) is 4.79 Å². The first-order valence-electron chi connectivity index (χ1n) is 2.35. The van der Waals surface area contributed by atoms with Crippen molar-refractivity contribution >= 4 is 17.9 Å². The SMILES string of the molecule is O=CC(F)(F)C(F)(F)C(F)(F)Cl. The molecule has 72 valence electrons. The second-order valence-corrected chi connectivity index (χ2v) is 2.29. The van der Waals surface area contributed by atoms with Gasteiger partial charge in [0.1, 0.15) is 0 Å². The minimum Gasteiger partial charge on any atom is -0.296 e. The second-order valence-electron chi connectivity index (χ2n) is 1.81. The Kier molecular flexibility index (Phi) is 2.68. The first kappa shape index (κ1) is 11.5. The van der Waals surface area contributed by atoms with Crippen LogP contribution in [0.5, 0.6) is 0 Å². The van der Waals surface area contributed by atoms with Gasteiger partial charge in [0, 0.05) is 0 Å². The third kappa shape index (κ3) is 1.65. The molecule has 0 saturated heterocycles. The lowest BCUT2D eigenvalue weighted by molar-refractivity contribution is -0.262. The first-order chi connectivity index (χ1) is 5.06. The average Bonchev–Trinajstić information content (AvgIpc) is 1.85. The number of carbonyl (C=O) groups is 1. The van der Waals surface area contributed by atoms with Gasteiger partial charge in [-0.05, 0) is 11.6 Å². The summed E-state index contributed by atoms with van der Waals surface area (Å²) in [7, 11) is 0. The molecule has 1 nitrogen and oxygen atoms in total. The first-order valence-corrected chi connectivity index (χ1v) is 2.73. The molecule has 8 heteroatoms. The third-order valence-corrected chi connectivity index (χ3v) is 1.16. The molecule has 0 fully saturated rings. The highest BCUT2D eigenvalue weighted by molar-refractivity contribution is 6.22. The van der Waals surface area contributed by atoms with E-state index >= 15 is 0 Å². The smallest absolute Gasteiger partial charge is 0.296 e. The molecule has 0 amide bonds. The van der Waals surface area contributed by atoms with Crippen molar-refractivity contribution in [3.63, 3.8) is 0 Å². The summed E-state index contributed by atoms with van der Waals surface area (Å²) in [5, 5.41) is -5.46. The molecule has 0 rings (SSSR count). The zero-order valence-electron chi connectivity index (χ0n) is 5.13. The minimum atomic E-state index is -5.89. The van der Waals surface area contributed by atoms with Crippen LogP contribution in [0.1, 0.15) is 0 Å². The maximum absolute atomic E-state index is 11.8. The van der Waals surface area contributed by atoms with E-state index in [9.17, 15) is 31.1 Å². The maximum Gasteiger partial charge on any atom is 0.393 e. The van der Waals surface area contributed by atoms with E-state index in [1.165, 1.54) is 0 Å². The number of halogens is 7. The molecule has 0 spiro atoms. The Bertz CT molecular complexity index is 184. The van der Waals surface area contributed by atoms with Gasteiger partial charge in [-0.1, -0.05) is 0 Å². The summed E-state index contributed by atoms with van der Waals surface area (Å²) in [5.41, 5.74) is 0. The Balaban J connectivity index is 4.97. The third-order valence-electron chi connectivity index (χ3n) is 0.923. The predicted octanol–water partition coefficient (Wildman–Crippen LogP) is 2.29. The molecule has 0 aromatic heterocycles. The summed E-state index contributed by atoms with van der Waals surface area (Å²) in [4.78, 5) is 9.30. The topological polar surface area (TPSA) is 17.1 Å². The van der Waals surface area contributed by atoms with Gasteiger partial charge < -0.3 is 0 Å². The number of carbonyl (C=O) groups excluding carboxylic acids is 1. The summed E-state index contributed by atoms with van der Waals surface area (Å²) < 4.78 is 70.3. The Morgan fingerprint density at radius 2 is 1.33 bits per heavy atom. The molecular formula is C4HClF6O. The summed E-state index contributed by atoms with van der Waals surface area (Å²) >= 11 is 3.67. The molecule has 0 atom stereocenters. The average molecular weight is 214 g/mol. The van der Waals surface area contributed by atoms with Crippen LogP contribution in [0.2, 0.25) is 0 Å². The number of alkyl halides is 7. The van der Waals surface area contributed by atoms with Crippen LogP contribution in [0.4, 0.5) is 26.3 Å². The largest absolute Gasteiger partial charge is 0.393 e. The minimum absolute atomic E-state index is 1.58. The molecule has 0 radical (unpaired) electrons. The Morgan fingerprint density at radius 1 is 1.00 bits per heavy atom. The summed E-state index contributed by atoms with van der Waals surface area (Å²) in [6.07, 6.45) is -1.58. The van der Waals surface area contributed by atoms with Crippen molar-refractivity contribution < 1.29 is 31.1 Å². The van der Waals surface area contributed by atoms with Crippen molar-refractivity contribution in [3.05, 3.63) is 0 Å². The molecule has 0 aromatic rings. The molecule has 0 aliphatic heterocycles. The van der Waals surface area contributed by atoms with Crippen LogP contribution in [-0.4, -0.2) is 23.5 Å². The monoisotopic (exact) mass is 214 g/mol. The van der Waals surface area contributed by atoms with Gasteiger partial charge in [0.2, 0.25) is 0 Å². The number of rotatable bonds is 3. The Morgan fingerprint density at radius 3 is 1.42 bits per heavy atom. The molecule has 0 aliphatic rings. The van der Waals surface area contributed by atoms with Crippen LogP contribution >= 0.6 is 11.6 Å². The molecule has 0 N–H and O–H groups in total. The molecule has 0 saturated carbocycles. The van der Waals surface area contributed by atoms with Gasteiger partial charge in [0.25, 0.3) is 0 Å². The predicted molar refractivity (Wildman–Crippen MR) is 26.8 cm³/mol. The quantitative estimate of drug-likeness (QED) is 0.400. The lowest BCUT2D eigenvalue weighted by atomic mass is 10.2. The van der Waals surface area contributed by atoms with E-state index in [2.05, 4.69) is 11.6 Å². The van der Waals surface area contributed by atoms with Gasteiger partial charge >= 0.3 is 17.2 Å². The van der Waals surface area contributed by atoms with Crippen LogP contribution in [0.15, 0.2) is 0 Å². The molecule has 0 aliphatic carbocycles. The van der Waals surface area contributed by atoms with Crippen molar-refractivity contribution in [2.24, 2.45) is 0 Å². The van der Waals surface area contributed by atoms with Gasteiger partial charge in [0.05, 0.1) is 0 Å². The fourth-order valence-corrected chi connectivity index (χ4v) is 0.389. The van der Waals surface area contributed by atoms with Crippen molar-refractivity contribution in [1.82, 2.24) is 0 Å². The fourth-order valence-electron chi connectivity index (χ4n) is 0.263. The van der Waals surface area contributed by atoms with Gasteiger partial charge in [-0.2, -0.15) is 26.3 Å². The molecule has 0 heterocycles. The van der Waals surface area contributed by atoms with E-state index in [0.29, 0.717) is 0 Å². The van der Waals surface area contributed by atoms with Crippen molar-refractivity contribution in [2.45, 2.75) is 17.2 Å². The second kappa shape index (κ2) is 2.79. The van der Waals surface area contributed by atoms with Crippen molar-refractivity contribution in [1.29, 1.82) is 0 Å². The van der Waals surface area contributed by atoms with Crippen LogP contribution in [0, 0.1) is 0 Å². The fraction of sp³-hybridized carbons (Fsp3) is 0.750. The molecule has 0 bridgehead atoms. The van der Waals surface area contributed by atoms with E-state index in [1.54, 1.807) is 0 Å². The molecule has 0 aromatic carbocycles. The highest BCUT2D eigenvalue weighted by Gasteiger charge is 2.71. The summed E-state index contributed by atoms with van der Waals surface area (Å²) in [6, 6.07) is 0. The number of hydrogen-bond donors (Lipinski definition) is 0. The van der Waals surface area contributed by atoms with Crippen LogP contribution in [0.3, 0.4) is 0 Å². The van der Waals surface area contributed by atoms with E-state index in [1.807, 2.05) is 0 Å². The zero-order chi connectivity index (χ0) is 10.2. The van der Waals surface area contributed by atoms with E-state index in [0.717, 1.165) is 0 Å². The Hall–Kier alpha value is -0.460. The Labute approximate surface area is 67.3 Å². The molecule has 12 heavy (non-hydrogen) atoms. The highest BCUT2D eigenvalue weighted by Crippen LogP contribution is 2.46. The normalized spacial score (nSPS) is 14.6. The molecule has 0 unspecified atom stereocenters. The van der Waals surface area contributed by atoms with Crippen molar-refractivity contribution in [3.8, 4) is 0 Å². The van der Waals surface area contributed by atoms with E-state index < -0.39 is 23.5 Å². The number of hydrogen-bond acceptors (Lipinski definition) is 1. The maximum atomic E-state index is 11.8. The summed E-state index contributed by atoms with van der Waals surface area (Å²) in [5.74, 6) is -11.4. The van der Waals surface area contributed by atoms with Crippen LogP contribution in [-0.2, 0) is 4.79 Å². The lowest BCUT2D eigenvalue weighted by Crippen LogP contribution is -2.52. The highest BCUT2D eigenvalue weighted by atomic mass is 35.5. The van der Waals surface area contributed by atoms with E-state index in [-0.39, 0.29) is 0 Å². The van der Waals surface area contributed by atoms with Crippen molar-refractivity contribution in [2.75, 3.05) is 0 Å². The van der Waals surface area contributed by atoms with Crippen LogP contribution < -0.4 is 0 Å². The van der Waals surface area contributed by atoms with Gasteiger partial charge in [0.15, 0.2) is 6.29 Å². The lowest BCUT2D eigenvalue weighted by Gasteiger charge is -2.24. The van der Waals surface area contributed by atoms with Crippen LogP contribution in [0.25, 0.3) is 0 Å². The number of aldehydes is 1. The summed E-state index contributed by atoms with van der Waals surface area (Å²) in [6.45, 7) is 0. The van der Waals surface area contributed by atoms with Gasteiger partial charge in [-0.25, -0.2) is 0 Å². The zero-order valence-corrected chi connectivity index (χ0v) is 5.89. The molecular weight excluding hydrogens is 213 g/mol. The van der Waals surface area contributed by atoms with E-state index in [4.69, 9.17) is 0 Å².